The summed E-state index contributed by atoms with van der Waals surface area (Å²) in [6, 6.07) is 144. The van der Waals surface area contributed by atoms with E-state index < -0.39 is 19.0 Å². The molecule has 13 heteroatoms. The molecule has 2 unspecified atom stereocenters. The van der Waals surface area contributed by atoms with Crippen molar-refractivity contribution in [3.05, 3.63) is 412 Å². The van der Waals surface area contributed by atoms with Gasteiger partial charge in [-0.25, -0.2) is 0 Å². The second-order valence-corrected chi connectivity index (χ2v) is 38.3. The molecule has 7 nitrogen and oxygen atoms in total. The van der Waals surface area contributed by atoms with E-state index in [1.54, 1.807) is 6.20 Å². The molecule has 0 spiro atoms. The fourth-order valence-electron chi connectivity index (χ4n) is 17.0. The molecule has 3 N–H and O–H groups in total. The van der Waals surface area contributed by atoms with E-state index >= 15 is 0 Å². The van der Waals surface area contributed by atoms with Crippen molar-refractivity contribution in [1.82, 2.24) is 14.5 Å². The van der Waals surface area contributed by atoms with E-state index in [0.717, 1.165) is 39.7 Å². The van der Waals surface area contributed by atoms with Gasteiger partial charge in [0.1, 0.15) is 15.1 Å². The average Bonchev–Trinajstić information content (AvgIpc) is 1.70. The standard InChI is InChI=1S/C56H38N2.C36H22S.C12H11N2.C11H24O2.CH3B3NP.Ir/c1-2-16-45(17-3-1)58-55-23-9-8-20-53(55)54-38-44(30-37-56(54)58)39-24-31-46(32-25-39)57(47-33-26-42(27-34-47)51-21-10-14-40-12-4-6-18-49(40)51)48-35-28-43(29-36-48)52-22-11-15-41-13-5-7-19-50(41)52;1-2-13-29-27(11-1)28-12-3-4-14-30(28)34-22-24(19-20-31(29)34)23-9-7-10-25(21-23)26-16-8-17-33-32-15-5-6-18-35(32)37-36(26)33;1-9-8-13-12(10(2)14-9)11-6-4-3-5-7-11;1-10(2,3)8(12)7-9(13)11(4,5)6;2-1-6(3,4)5;/h1-38H;1-22H;3-6,8H,1-2H3;8-9,12-13H,7H2,1-6H3;5H,1H2;/q;;-1;;;. The van der Waals surface area contributed by atoms with Gasteiger partial charge in [-0.2, -0.15) is 0 Å². The first-order chi connectivity index (χ1) is 62.0. The quantitative estimate of drug-likeness (QED) is 0.0462. The minimum absolute atomic E-state index is 0. The van der Waals surface area contributed by atoms with E-state index in [9.17, 15) is 10.2 Å². The molecule has 3 aromatic heterocycles. The van der Waals surface area contributed by atoms with Crippen molar-refractivity contribution in [2.75, 3.05) is 11.0 Å². The Kier molecular flexibility index (Phi) is 27.1. The molecule has 0 aliphatic carbocycles. The van der Waals surface area contributed by atoms with E-state index in [-0.39, 0.29) is 37.0 Å². The van der Waals surface area contributed by atoms with E-state index in [4.69, 9.17) is 28.1 Å². The van der Waals surface area contributed by atoms with Crippen LogP contribution in [-0.2, 0) is 20.1 Å². The number of benzene rings is 18. The third kappa shape index (κ3) is 19.8. The summed E-state index contributed by atoms with van der Waals surface area (Å²) in [7, 11) is 14.8. The number of rotatable bonds is 13. The van der Waals surface area contributed by atoms with Gasteiger partial charge in [-0.15, -0.1) is 54.0 Å². The maximum absolute atomic E-state index is 9.76. The molecular weight excluding hydrogens is 1780 g/mol. The molecule has 0 aliphatic heterocycles. The van der Waals surface area contributed by atoms with Crippen LogP contribution in [-0.4, -0.2) is 66.0 Å². The Hall–Kier alpha value is -12.8. The summed E-state index contributed by atoms with van der Waals surface area (Å²) in [6.45, 7) is 13.4. The van der Waals surface area contributed by atoms with Crippen molar-refractivity contribution in [3.63, 3.8) is 0 Å². The number of hydrogen-bond donors (Lipinski definition) is 3. The molecule has 0 amide bonds. The molecule has 3 heterocycles. The Labute approximate surface area is 778 Å². The second-order valence-electron chi connectivity index (χ2n) is 35.0. The number of fused-ring (bicyclic) bond motifs is 14. The van der Waals surface area contributed by atoms with Crippen LogP contribution in [0.3, 0.4) is 0 Å². The Morgan fingerprint density at radius 3 is 1.36 bits per heavy atom. The SMILES string of the molecule is CC(C)(C)C(O)CC(O)C(C)(C)C.Cc1cnc(-c2[c-]cccc2)c(C)n1.[B]CP([B])([B])=N.[Ir].c1cc(-c2ccc3c4ccccc4c4ccccc4c3c2)cc(-c2cccc3c2sc2ccccc23)c1.c1ccc(-n2c3ccccc3c3cc(-c4ccc(N(c5ccc(-c6cccc7ccccc67)cc5)c5ccc(-c6cccc7ccccc67)cc5)cc4)ccc32)cc1. The van der Waals surface area contributed by atoms with Crippen LogP contribution in [0.25, 0.3) is 168 Å². The van der Waals surface area contributed by atoms with Crippen LogP contribution < -0.4 is 4.90 Å². The van der Waals surface area contributed by atoms with Crippen molar-refractivity contribution >= 4 is 154 Å². The molecule has 129 heavy (non-hydrogen) atoms. The van der Waals surface area contributed by atoms with Gasteiger partial charge >= 0.3 is 0 Å². The number of aliphatic hydroxyl groups is 2. The van der Waals surface area contributed by atoms with Crippen molar-refractivity contribution in [2.45, 2.75) is 74.0 Å². The first-order valence-corrected chi connectivity index (χ1v) is 46.5. The van der Waals surface area contributed by atoms with Gasteiger partial charge in [0, 0.05) is 97.8 Å². The van der Waals surface area contributed by atoms with Gasteiger partial charge in [0.15, 0.2) is 0 Å². The zero-order chi connectivity index (χ0) is 88.8. The van der Waals surface area contributed by atoms with E-state index in [1.165, 1.54) is 157 Å². The molecule has 0 saturated heterocycles. The predicted octanol–water partition coefficient (Wildman–Crippen LogP) is 31.2. The molecule has 0 aliphatic rings. The maximum atomic E-state index is 9.76. The molecule has 0 fully saturated rings. The second kappa shape index (κ2) is 39.0. The van der Waals surface area contributed by atoms with Crippen molar-refractivity contribution in [1.29, 1.82) is 5.16 Å². The van der Waals surface area contributed by atoms with Crippen LogP contribution in [0.2, 0.25) is 0 Å². The number of nitrogens with zero attached hydrogens (tertiary/aromatic N) is 4. The minimum Gasteiger partial charge on any atom is -0.392 e. The number of anilines is 3. The first-order valence-electron chi connectivity index (χ1n) is 43.5. The maximum Gasteiger partial charge on any atom is 0.119 e. The molecule has 0 saturated carbocycles. The van der Waals surface area contributed by atoms with Gasteiger partial charge in [0.2, 0.25) is 0 Å². The van der Waals surface area contributed by atoms with Gasteiger partial charge in [0.05, 0.1) is 36.8 Å². The predicted molar refractivity (Wildman–Crippen MR) is 553 cm³/mol. The smallest absolute Gasteiger partial charge is 0.119 e. The largest absolute Gasteiger partial charge is 0.392 e. The molecular formula is C116H98B3IrN5O2PS-. The van der Waals surface area contributed by atoms with Gasteiger partial charge in [-0.3, -0.25) is 4.98 Å². The van der Waals surface area contributed by atoms with Crippen LogP contribution in [0.15, 0.2) is 394 Å². The molecule has 0 bridgehead atoms. The van der Waals surface area contributed by atoms with Gasteiger partial charge in [0.25, 0.3) is 0 Å². The van der Waals surface area contributed by atoms with Gasteiger partial charge in [-0.1, -0.05) is 327 Å². The van der Waals surface area contributed by atoms with Crippen molar-refractivity contribution < 1.29 is 30.3 Å². The summed E-state index contributed by atoms with van der Waals surface area (Å²) < 4.78 is 5.07. The molecule has 21 rings (SSSR count). The average molecular weight is 1880 g/mol. The van der Waals surface area contributed by atoms with Crippen LogP contribution in [0, 0.1) is 35.9 Å². The Bertz CT molecular complexity index is 7430. The number of aromatic nitrogens is 3. The first kappa shape index (κ1) is 89.5. The summed E-state index contributed by atoms with van der Waals surface area (Å²) in [4.78, 5) is 11.1. The fourth-order valence-corrected chi connectivity index (χ4v) is 18.3. The Morgan fingerprint density at radius 1 is 0.395 bits per heavy atom. The van der Waals surface area contributed by atoms with Gasteiger partial charge < -0.3 is 29.8 Å². The normalized spacial score (nSPS) is 12.0. The van der Waals surface area contributed by atoms with Gasteiger partial charge in [-0.05, 0) is 219 Å². The summed E-state index contributed by atoms with van der Waals surface area (Å²) >= 11 is 1.89. The summed E-state index contributed by atoms with van der Waals surface area (Å²) in [6.07, 6.45) is 1.35. The van der Waals surface area contributed by atoms with Crippen LogP contribution >= 0.6 is 18.1 Å². The molecule has 629 valence electrons. The van der Waals surface area contributed by atoms with Crippen LogP contribution in [0.4, 0.5) is 17.1 Å². The summed E-state index contributed by atoms with van der Waals surface area (Å²) in [5, 5.41) is 44.3. The Balaban J connectivity index is 0.000000145. The van der Waals surface area contributed by atoms with Crippen molar-refractivity contribution in [3.8, 4) is 72.6 Å². The van der Waals surface area contributed by atoms with E-state index in [0.29, 0.717) is 6.42 Å². The number of hydrogen-bond acceptors (Lipinski definition) is 7. The van der Waals surface area contributed by atoms with Crippen LogP contribution in [0.5, 0.6) is 0 Å². The zero-order valence-corrected chi connectivity index (χ0v) is 77.8. The van der Waals surface area contributed by atoms with E-state index in [2.05, 4.69) is 389 Å². The summed E-state index contributed by atoms with van der Waals surface area (Å²) in [5.74, 6) is 0. The molecule has 7 radical (unpaired) electrons. The Morgan fingerprint density at radius 2 is 0.806 bits per heavy atom. The third-order valence-electron chi connectivity index (χ3n) is 24.0. The summed E-state index contributed by atoms with van der Waals surface area (Å²) in [5.41, 5.74) is 22.7. The van der Waals surface area contributed by atoms with E-state index in [1.807, 2.05) is 91.0 Å². The third-order valence-corrected chi connectivity index (χ3v) is 25.9. The molecule has 21 aromatic rings. The van der Waals surface area contributed by atoms with Crippen LogP contribution in [0.1, 0.15) is 59.4 Å². The number of aryl methyl sites for hydroxylation is 2. The van der Waals surface area contributed by atoms with Crippen molar-refractivity contribution in [2.24, 2.45) is 10.8 Å². The number of thiophene rings is 1. The number of para-hydroxylation sites is 2. The number of nitrogens with one attached hydrogen (secondary N) is 1. The molecule has 2 atom stereocenters. The molecule has 18 aromatic carbocycles. The monoisotopic (exact) mass is 1880 g/mol. The minimum atomic E-state index is -2.37. The number of aliphatic hydroxyl groups excluding tert-OH is 2. The zero-order valence-electron chi connectivity index (χ0n) is 73.7. The topological polar surface area (TPSA) is 98.3 Å². The fraction of sp³-hybridized carbons (Fsp3) is 0.121.